The van der Waals surface area contributed by atoms with Gasteiger partial charge in [-0.25, -0.2) is 19.7 Å². The number of pyridine rings is 1. The van der Waals surface area contributed by atoms with Gasteiger partial charge in [-0.15, -0.1) is 0 Å². The molecule has 11 heteroatoms. The van der Waals surface area contributed by atoms with Crippen LogP contribution in [0.3, 0.4) is 0 Å². The predicted octanol–water partition coefficient (Wildman–Crippen LogP) is 4.56. The number of carbonyl (C=O) groups is 1. The minimum atomic E-state index is -0.366. The summed E-state index contributed by atoms with van der Waals surface area (Å²) in [6.45, 7) is 1.93. The second-order valence-corrected chi connectivity index (χ2v) is 8.50. The fourth-order valence-electron chi connectivity index (χ4n) is 4.08. The van der Waals surface area contributed by atoms with Gasteiger partial charge in [-0.3, -0.25) is 19.5 Å². The van der Waals surface area contributed by atoms with E-state index in [-0.39, 0.29) is 6.03 Å². The van der Waals surface area contributed by atoms with E-state index >= 15 is 0 Å². The first kappa shape index (κ1) is 22.2. The first-order chi connectivity index (χ1) is 18.0. The van der Waals surface area contributed by atoms with E-state index in [0.29, 0.717) is 11.5 Å². The Morgan fingerprint density at radius 1 is 1.00 bits per heavy atom. The predicted molar refractivity (Wildman–Crippen MR) is 140 cm³/mol. The van der Waals surface area contributed by atoms with Crippen LogP contribution in [0.1, 0.15) is 5.69 Å². The van der Waals surface area contributed by atoms with E-state index in [9.17, 15) is 4.79 Å². The Balaban J connectivity index is 1.17. The van der Waals surface area contributed by atoms with Gasteiger partial charge in [0.15, 0.2) is 5.82 Å². The molecule has 0 aliphatic heterocycles. The lowest BCUT2D eigenvalue weighted by atomic mass is 10.1. The SMILES string of the molecule is Cc1cn(-c2ncnc3[nH]c(-c4ccc(NC(=O)Nc5cc(-c6cccnc6)nn5C)cc4)cc23)cn1. The van der Waals surface area contributed by atoms with Gasteiger partial charge in [0.05, 0.1) is 16.8 Å². The lowest BCUT2D eigenvalue weighted by molar-refractivity contribution is 0.262. The van der Waals surface area contributed by atoms with Crippen molar-refractivity contribution in [3.05, 3.63) is 85.5 Å². The lowest BCUT2D eigenvalue weighted by Gasteiger charge is -2.08. The van der Waals surface area contributed by atoms with Crippen LogP contribution < -0.4 is 10.6 Å². The lowest BCUT2D eigenvalue weighted by Crippen LogP contribution is -2.20. The molecule has 37 heavy (non-hydrogen) atoms. The van der Waals surface area contributed by atoms with E-state index in [1.54, 1.807) is 36.5 Å². The number of hydrogen-bond donors (Lipinski definition) is 3. The third-order valence-electron chi connectivity index (χ3n) is 5.89. The maximum Gasteiger partial charge on any atom is 0.324 e. The number of nitrogens with zero attached hydrogens (tertiary/aromatic N) is 7. The number of H-pyrrole nitrogens is 1. The number of hydrogen-bond acceptors (Lipinski definition) is 6. The molecule has 0 saturated heterocycles. The van der Waals surface area contributed by atoms with Crippen molar-refractivity contribution in [3.63, 3.8) is 0 Å². The number of aryl methyl sites for hydroxylation is 2. The zero-order valence-electron chi connectivity index (χ0n) is 20.0. The highest BCUT2D eigenvalue weighted by Crippen LogP contribution is 2.27. The molecule has 0 unspecified atom stereocenters. The van der Waals surface area contributed by atoms with Crippen molar-refractivity contribution in [2.45, 2.75) is 6.92 Å². The number of fused-ring (bicyclic) bond motifs is 1. The maximum absolute atomic E-state index is 12.6. The van der Waals surface area contributed by atoms with Crippen molar-refractivity contribution < 1.29 is 4.79 Å². The largest absolute Gasteiger partial charge is 0.339 e. The van der Waals surface area contributed by atoms with Gasteiger partial charge in [-0.2, -0.15) is 5.10 Å². The normalized spacial score (nSPS) is 11.1. The Bertz CT molecular complexity index is 1710. The molecule has 3 N–H and O–H groups in total. The molecule has 1 aromatic carbocycles. The van der Waals surface area contributed by atoms with Crippen molar-refractivity contribution in [1.29, 1.82) is 0 Å². The zero-order valence-corrected chi connectivity index (χ0v) is 20.0. The Labute approximate surface area is 211 Å². The molecule has 11 nitrogen and oxygen atoms in total. The van der Waals surface area contributed by atoms with Crippen LogP contribution in [0, 0.1) is 6.92 Å². The molecule has 0 atom stereocenters. The number of amides is 2. The summed E-state index contributed by atoms with van der Waals surface area (Å²) < 4.78 is 3.49. The Morgan fingerprint density at radius 2 is 1.86 bits per heavy atom. The zero-order chi connectivity index (χ0) is 25.4. The molecule has 6 rings (SSSR count). The number of benzene rings is 1. The van der Waals surface area contributed by atoms with Gasteiger partial charge in [0.2, 0.25) is 0 Å². The minimum absolute atomic E-state index is 0.366. The number of carbonyl (C=O) groups excluding carboxylic acids is 1. The van der Waals surface area contributed by atoms with Gasteiger partial charge < -0.3 is 10.3 Å². The van der Waals surface area contributed by atoms with Crippen LogP contribution in [-0.4, -0.2) is 45.3 Å². The molecule has 5 heterocycles. The average molecular weight is 491 g/mol. The summed E-state index contributed by atoms with van der Waals surface area (Å²) in [5.74, 6) is 1.32. The summed E-state index contributed by atoms with van der Waals surface area (Å²) >= 11 is 0. The minimum Gasteiger partial charge on any atom is -0.339 e. The van der Waals surface area contributed by atoms with Crippen LogP contribution in [0.15, 0.2) is 79.8 Å². The van der Waals surface area contributed by atoms with Gasteiger partial charge >= 0.3 is 6.03 Å². The van der Waals surface area contributed by atoms with E-state index < -0.39 is 0 Å². The average Bonchev–Trinajstić information content (AvgIpc) is 3.63. The van der Waals surface area contributed by atoms with E-state index in [0.717, 1.165) is 45.1 Å². The molecule has 6 aromatic rings. The second-order valence-electron chi connectivity index (χ2n) is 8.50. The number of rotatable bonds is 5. The molecule has 2 amide bonds. The van der Waals surface area contributed by atoms with Gasteiger partial charge in [-0.1, -0.05) is 12.1 Å². The number of urea groups is 1. The summed E-state index contributed by atoms with van der Waals surface area (Å²) in [6.07, 6.45) is 8.62. The molecule has 0 fully saturated rings. The summed E-state index contributed by atoms with van der Waals surface area (Å²) in [6, 6.07) is 14.8. The molecule has 5 aromatic heterocycles. The fourth-order valence-corrected chi connectivity index (χ4v) is 4.08. The number of aromatic amines is 1. The highest BCUT2D eigenvalue weighted by molar-refractivity contribution is 5.99. The number of anilines is 2. The Morgan fingerprint density at radius 3 is 2.62 bits per heavy atom. The van der Waals surface area contributed by atoms with Gasteiger partial charge in [0.25, 0.3) is 0 Å². The number of nitrogens with one attached hydrogen (secondary N) is 3. The second kappa shape index (κ2) is 9.04. The molecule has 0 saturated carbocycles. The molecule has 0 spiro atoms. The van der Waals surface area contributed by atoms with E-state index in [1.807, 2.05) is 60.2 Å². The van der Waals surface area contributed by atoms with Crippen molar-refractivity contribution in [3.8, 4) is 28.3 Å². The quantitative estimate of drug-likeness (QED) is 0.325. The van der Waals surface area contributed by atoms with E-state index in [4.69, 9.17) is 0 Å². The molecular weight excluding hydrogens is 468 g/mol. The monoisotopic (exact) mass is 490 g/mol. The topological polar surface area (TPSA) is 131 Å². The van der Waals surface area contributed by atoms with E-state index in [2.05, 4.69) is 40.7 Å². The Kier molecular flexibility index (Phi) is 5.41. The highest BCUT2D eigenvalue weighted by atomic mass is 16.2. The third kappa shape index (κ3) is 4.41. The molecule has 0 bridgehead atoms. The molecule has 0 radical (unpaired) electrons. The van der Waals surface area contributed by atoms with Crippen molar-refractivity contribution in [2.75, 3.05) is 10.6 Å². The van der Waals surface area contributed by atoms with Crippen LogP contribution >= 0.6 is 0 Å². The molecule has 182 valence electrons. The van der Waals surface area contributed by atoms with Crippen LogP contribution in [0.4, 0.5) is 16.3 Å². The van der Waals surface area contributed by atoms with Gasteiger partial charge in [0.1, 0.15) is 24.1 Å². The first-order valence-electron chi connectivity index (χ1n) is 11.5. The van der Waals surface area contributed by atoms with Gasteiger partial charge in [0, 0.05) is 48.6 Å². The first-order valence-corrected chi connectivity index (χ1v) is 11.5. The van der Waals surface area contributed by atoms with Crippen LogP contribution in [0.5, 0.6) is 0 Å². The van der Waals surface area contributed by atoms with Crippen LogP contribution in [0.25, 0.3) is 39.4 Å². The smallest absolute Gasteiger partial charge is 0.324 e. The Hall–Kier alpha value is -5.32. The molecule has 0 aliphatic carbocycles. The summed E-state index contributed by atoms with van der Waals surface area (Å²) in [5, 5.41) is 11.0. The fraction of sp³-hybridized carbons (Fsp3) is 0.0769. The number of imidazole rings is 1. The van der Waals surface area contributed by atoms with Crippen molar-refractivity contribution >= 4 is 28.6 Å². The van der Waals surface area contributed by atoms with E-state index in [1.165, 1.54) is 6.33 Å². The van der Waals surface area contributed by atoms with Crippen molar-refractivity contribution in [1.82, 2.24) is 39.3 Å². The van der Waals surface area contributed by atoms with Gasteiger partial charge in [-0.05, 0) is 42.8 Å². The van der Waals surface area contributed by atoms with Crippen molar-refractivity contribution in [2.24, 2.45) is 7.05 Å². The van der Waals surface area contributed by atoms with Crippen LogP contribution in [-0.2, 0) is 7.05 Å². The highest BCUT2D eigenvalue weighted by Gasteiger charge is 2.13. The maximum atomic E-state index is 12.6. The molecule has 0 aliphatic rings. The summed E-state index contributed by atoms with van der Waals surface area (Å²) in [7, 11) is 1.77. The third-order valence-corrected chi connectivity index (χ3v) is 5.89. The van der Waals surface area contributed by atoms with Crippen LogP contribution in [0.2, 0.25) is 0 Å². The number of aromatic nitrogens is 8. The summed E-state index contributed by atoms with van der Waals surface area (Å²) in [4.78, 5) is 33.2. The molecular formula is C26H22N10O. The summed E-state index contributed by atoms with van der Waals surface area (Å²) in [5.41, 5.74) is 5.73. The standard InChI is InChI=1S/C26H22N10O/c1-16-13-36(15-30-16)25-20-10-21(32-24(20)28-14-29-25)17-5-7-19(8-6-17)31-26(37)33-23-11-22(34-35(23)2)18-4-3-9-27-12-18/h3-15H,1-2H3,(H,28,29,32)(H2,31,33,37).